The maximum absolute atomic E-state index is 3.60. The maximum Gasteiger partial charge on any atom is 0.0166 e. The van der Waals surface area contributed by atoms with E-state index in [2.05, 4.69) is 38.2 Å². The Labute approximate surface area is 122 Å². The summed E-state index contributed by atoms with van der Waals surface area (Å²) in [6, 6.07) is 0.619. The molecule has 2 heteroatoms. The molecule has 1 atom stereocenters. The van der Waals surface area contributed by atoms with Crippen LogP contribution in [-0.2, 0) is 0 Å². The number of hydrogen-bond donors (Lipinski definition) is 1. The molecule has 0 aromatic carbocycles. The molecule has 0 fully saturated rings. The Bertz CT molecular complexity index is 169. The quantitative estimate of drug-likeness (QED) is 0.469. The smallest absolute Gasteiger partial charge is 0.0166 e. The molecule has 0 amide bonds. The molecule has 0 bridgehead atoms. The zero-order chi connectivity index (χ0) is 14.3. The van der Waals surface area contributed by atoms with Gasteiger partial charge in [0.25, 0.3) is 0 Å². The Hall–Kier alpha value is -0.0800. The minimum absolute atomic E-state index is 0.619. The summed E-state index contributed by atoms with van der Waals surface area (Å²) in [5.74, 6) is 0. The highest BCUT2D eigenvalue weighted by Crippen LogP contribution is 2.10. The van der Waals surface area contributed by atoms with E-state index in [0.29, 0.717) is 6.04 Å². The molecule has 0 saturated carbocycles. The Morgan fingerprint density at radius 3 is 1.74 bits per heavy atom. The molecular formula is C17H38N2. The van der Waals surface area contributed by atoms with Crippen molar-refractivity contribution in [1.82, 2.24) is 10.2 Å². The zero-order valence-electron chi connectivity index (χ0n) is 14.0. The first-order valence-corrected chi connectivity index (χ1v) is 8.55. The third-order valence-electron chi connectivity index (χ3n) is 3.66. The van der Waals surface area contributed by atoms with Gasteiger partial charge in [0.05, 0.1) is 0 Å². The second-order valence-electron chi connectivity index (χ2n) is 6.30. The van der Waals surface area contributed by atoms with Crippen molar-refractivity contribution in [2.45, 2.75) is 84.1 Å². The van der Waals surface area contributed by atoms with Gasteiger partial charge in [0, 0.05) is 12.6 Å². The highest BCUT2D eigenvalue weighted by molar-refractivity contribution is 4.63. The maximum atomic E-state index is 3.60. The number of rotatable bonds is 14. The van der Waals surface area contributed by atoms with Gasteiger partial charge in [-0.15, -0.1) is 0 Å². The lowest BCUT2D eigenvalue weighted by molar-refractivity contribution is 0.348. The monoisotopic (exact) mass is 270 g/mol. The second-order valence-corrected chi connectivity index (χ2v) is 6.30. The van der Waals surface area contributed by atoms with Crippen molar-refractivity contribution in [2.75, 3.05) is 27.2 Å². The Morgan fingerprint density at radius 2 is 1.26 bits per heavy atom. The minimum Gasteiger partial charge on any atom is -0.313 e. The Balaban J connectivity index is 3.06. The van der Waals surface area contributed by atoms with Gasteiger partial charge in [-0.3, -0.25) is 0 Å². The number of unbranched alkanes of at least 4 members (excludes halogenated alkanes) is 9. The fraction of sp³-hybridized carbons (Fsp3) is 1.00. The minimum atomic E-state index is 0.619. The van der Waals surface area contributed by atoms with Gasteiger partial charge in [-0.1, -0.05) is 64.7 Å². The van der Waals surface area contributed by atoms with Crippen LogP contribution in [0.3, 0.4) is 0 Å². The van der Waals surface area contributed by atoms with Crippen LogP contribution in [0.2, 0.25) is 0 Å². The average molecular weight is 271 g/mol. The van der Waals surface area contributed by atoms with E-state index in [0.717, 1.165) is 6.54 Å². The van der Waals surface area contributed by atoms with Crippen LogP contribution in [0.4, 0.5) is 0 Å². The van der Waals surface area contributed by atoms with Crippen molar-refractivity contribution in [3.8, 4) is 0 Å². The molecule has 0 heterocycles. The largest absolute Gasteiger partial charge is 0.313 e. The molecular weight excluding hydrogens is 232 g/mol. The fourth-order valence-corrected chi connectivity index (χ4v) is 2.57. The van der Waals surface area contributed by atoms with E-state index in [9.17, 15) is 0 Å². The van der Waals surface area contributed by atoms with Gasteiger partial charge in [-0.25, -0.2) is 0 Å². The lowest BCUT2D eigenvalue weighted by atomic mass is 10.1. The highest BCUT2D eigenvalue weighted by atomic mass is 15.1. The topological polar surface area (TPSA) is 15.3 Å². The van der Waals surface area contributed by atoms with Gasteiger partial charge in [0.15, 0.2) is 0 Å². The SMILES string of the molecule is CCCCCCCCCCCCNC(C)CN(C)C. The van der Waals surface area contributed by atoms with Gasteiger partial charge >= 0.3 is 0 Å². The molecule has 0 rings (SSSR count). The third kappa shape index (κ3) is 15.9. The first-order valence-electron chi connectivity index (χ1n) is 8.55. The molecule has 0 aromatic heterocycles. The molecule has 0 spiro atoms. The van der Waals surface area contributed by atoms with Crippen LogP contribution in [-0.4, -0.2) is 38.1 Å². The molecule has 0 radical (unpaired) electrons. The van der Waals surface area contributed by atoms with Crippen LogP contribution in [0.25, 0.3) is 0 Å². The molecule has 0 aliphatic carbocycles. The van der Waals surface area contributed by atoms with Gasteiger partial charge in [-0.05, 0) is 34.0 Å². The number of hydrogen-bond acceptors (Lipinski definition) is 2. The molecule has 1 unspecified atom stereocenters. The van der Waals surface area contributed by atoms with E-state index in [1.165, 1.54) is 70.8 Å². The number of likely N-dealkylation sites (N-methyl/N-ethyl adjacent to an activating group) is 1. The van der Waals surface area contributed by atoms with E-state index in [-0.39, 0.29) is 0 Å². The van der Waals surface area contributed by atoms with Gasteiger partial charge in [0.1, 0.15) is 0 Å². The summed E-state index contributed by atoms with van der Waals surface area (Å²) in [4.78, 5) is 2.25. The van der Waals surface area contributed by atoms with Crippen LogP contribution >= 0.6 is 0 Å². The first kappa shape index (κ1) is 18.9. The van der Waals surface area contributed by atoms with E-state index in [4.69, 9.17) is 0 Å². The molecule has 2 nitrogen and oxygen atoms in total. The van der Waals surface area contributed by atoms with Crippen LogP contribution in [0.15, 0.2) is 0 Å². The molecule has 0 aliphatic heterocycles. The van der Waals surface area contributed by atoms with E-state index in [1.807, 2.05) is 0 Å². The summed E-state index contributed by atoms with van der Waals surface area (Å²) >= 11 is 0. The molecule has 1 N–H and O–H groups in total. The molecule has 0 aromatic rings. The summed E-state index contributed by atoms with van der Waals surface area (Å²) in [7, 11) is 4.28. The predicted molar refractivity (Wildman–Crippen MR) is 87.9 cm³/mol. The lowest BCUT2D eigenvalue weighted by Gasteiger charge is -2.18. The van der Waals surface area contributed by atoms with Crippen LogP contribution in [0.5, 0.6) is 0 Å². The molecule has 116 valence electrons. The average Bonchev–Trinajstić information content (AvgIpc) is 2.35. The normalized spacial score (nSPS) is 13.1. The number of nitrogens with one attached hydrogen (secondary N) is 1. The van der Waals surface area contributed by atoms with Crippen LogP contribution in [0, 0.1) is 0 Å². The Morgan fingerprint density at radius 1 is 0.789 bits per heavy atom. The summed E-state index contributed by atoms with van der Waals surface area (Å²) in [6.45, 7) is 6.88. The van der Waals surface area contributed by atoms with Crippen LogP contribution in [0.1, 0.15) is 78.1 Å². The predicted octanol–water partition coefficient (Wildman–Crippen LogP) is 4.45. The van der Waals surface area contributed by atoms with Crippen molar-refractivity contribution >= 4 is 0 Å². The summed E-state index contributed by atoms with van der Waals surface area (Å²) < 4.78 is 0. The summed E-state index contributed by atoms with van der Waals surface area (Å²) in [5, 5.41) is 3.60. The molecule has 0 saturated heterocycles. The second kappa shape index (κ2) is 14.3. The third-order valence-corrected chi connectivity index (χ3v) is 3.66. The van der Waals surface area contributed by atoms with Crippen LogP contribution < -0.4 is 5.32 Å². The van der Waals surface area contributed by atoms with E-state index < -0.39 is 0 Å². The standard InChI is InChI=1S/C17H38N2/c1-5-6-7-8-9-10-11-12-13-14-15-18-17(2)16-19(3)4/h17-18H,5-16H2,1-4H3. The van der Waals surface area contributed by atoms with Gasteiger partial charge in [0.2, 0.25) is 0 Å². The van der Waals surface area contributed by atoms with E-state index in [1.54, 1.807) is 0 Å². The summed E-state index contributed by atoms with van der Waals surface area (Å²) in [6.07, 6.45) is 14.2. The van der Waals surface area contributed by atoms with Gasteiger partial charge in [-0.2, -0.15) is 0 Å². The van der Waals surface area contributed by atoms with Crippen molar-refractivity contribution in [1.29, 1.82) is 0 Å². The molecule has 0 aliphatic rings. The van der Waals surface area contributed by atoms with E-state index >= 15 is 0 Å². The number of nitrogens with zero attached hydrogens (tertiary/aromatic N) is 1. The van der Waals surface area contributed by atoms with Gasteiger partial charge < -0.3 is 10.2 Å². The Kier molecular flexibility index (Phi) is 14.3. The highest BCUT2D eigenvalue weighted by Gasteiger charge is 2.01. The lowest BCUT2D eigenvalue weighted by Crippen LogP contribution is -2.36. The summed E-state index contributed by atoms with van der Waals surface area (Å²) in [5.41, 5.74) is 0. The van der Waals surface area contributed by atoms with Crippen molar-refractivity contribution < 1.29 is 0 Å². The zero-order valence-corrected chi connectivity index (χ0v) is 14.0. The molecule has 19 heavy (non-hydrogen) atoms. The fourth-order valence-electron chi connectivity index (χ4n) is 2.57. The first-order chi connectivity index (χ1) is 9.16. The van der Waals surface area contributed by atoms with Crippen molar-refractivity contribution in [2.24, 2.45) is 0 Å². The van der Waals surface area contributed by atoms with Crippen molar-refractivity contribution in [3.05, 3.63) is 0 Å². The van der Waals surface area contributed by atoms with Crippen molar-refractivity contribution in [3.63, 3.8) is 0 Å².